The van der Waals surface area contributed by atoms with Crippen molar-refractivity contribution in [3.8, 4) is 5.75 Å². The number of carbonyl (C=O) groups is 1. The van der Waals surface area contributed by atoms with E-state index in [1.807, 2.05) is 26.0 Å². The molecule has 0 amide bonds. The highest BCUT2D eigenvalue weighted by Gasteiger charge is 2.11. The Hall–Kier alpha value is -1.39. The van der Waals surface area contributed by atoms with Crippen molar-refractivity contribution in [2.24, 2.45) is 0 Å². The number of rotatable bonds is 6. The molecule has 0 heterocycles. The zero-order valence-corrected chi connectivity index (χ0v) is 10.5. The van der Waals surface area contributed by atoms with Gasteiger partial charge in [-0.3, -0.25) is 4.79 Å². The Morgan fingerprint density at radius 1 is 1.35 bits per heavy atom. The van der Waals surface area contributed by atoms with Crippen molar-refractivity contribution in [1.82, 2.24) is 5.32 Å². The molecule has 17 heavy (non-hydrogen) atoms. The molecule has 0 spiro atoms. The average Bonchev–Trinajstić information content (AvgIpc) is 2.31. The summed E-state index contributed by atoms with van der Waals surface area (Å²) in [5, 5.41) is 11.5. The van der Waals surface area contributed by atoms with Crippen LogP contribution in [0.2, 0.25) is 0 Å². The monoisotopic (exact) mass is 237 g/mol. The largest absolute Gasteiger partial charge is 0.496 e. The molecule has 0 aliphatic rings. The van der Waals surface area contributed by atoms with Crippen molar-refractivity contribution in [1.29, 1.82) is 0 Å². The number of methoxy groups -OCH3 is 1. The van der Waals surface area contributed by atoms with Gasteiger partial charge in [-0.2, -0.15) is 0 Å². The van der Waals surface area contributed by atoms with Crippen LogP contribution < -0.4 is 10.1 Å². The third-order valence-electron chi connectivity index (χ3n) is 2.62. The van der Waals surface area contributed by atoms with E-state index in [-0.39, 0.29) is 18.9 Å². The van der Waals surface area contributed by atoms with E-state index in [1.165, 1.54) is 0 Å². The molecule has 1 rings (SSSR count). The molecular formula is C13H19NO3. The van der Waals surface area contributed by atoms with Gasteiger partial charge in [0, 0.05) is 12.1 Å². The van der Waals surface area contributed by atoms with Crippen LogP contribution in [-0.2, 0) is 0 Å². The molecule has 0 atom stereocenters. The molecule has 4 heteroatoms. The van der Waals surface area contributed by atoms with E-state index in [0.29, 0.717) is 12.1 Å². The summed E-state index contributed by atoms with van der Waals surface area (Å²) in [6.45, 7) is 4.51. The Kier molecular flexibility index (Phi) is 5.12. The topological polar surface area (TPSA) is 58.6 Å². The van der Waals surface area contributed by atoms with E-state index >= 15 is 0 Å². The predicted molar refractivity (Wildman–Crippen MR) is 66.8 cm³/mol. The fraction of sp³-hybridized carbons (Fsp3) is 0.462. The van der Waals surface area contributed by atoms with Crippen LogP contribution in [0.5, 0.6) is 5.75 Å². The first-order valence-electron chi connectivity index (χ1n) is 5.60. The summed E-state index contributed by atoms with van der Waals surface area (Å²) >= 11 is 0. The predicted octanol–water partition coefficient (Wildman–Crippen LogP) is 1.08. The molecule has 0 saturated heterocycles. The number of hydrogen-bond donors (Lipinski definition) is 2. The maximum Gasteiger partial charge on any atom is 0.176 e. The highest BCUT2D eigenvalue weighted by Crippen LogP contribution is 2.22. The van der Waals surface area contributed by atoms with E-state index in [2.05, 4.69) is 5.32 Å². The first kappa shape index (κ1) is 13.7. The first-order chi connectivity index (χ1) is 8.10. The van der Waals surface area contributed by atoms with E-state index in [9.17, 15) is 4.79 Å². The Labute approximate surface area is 102 Å². The normalized spacial score (nSPS) is 10.4. The molecule has 0 aliphatic heterocycles. The zero-order valence-electron chi connectivity index (χ0n) is 10.5. The summed E-state index contributed by atoms with van der Waals surface area (Å²) in [6, 6.07) is 3.71. The van der Waals surface area contributed by atoms with Gasteiger partial charge >= 0.3 is 0 Å². The van der Waals surface area contributed by atoms with E-state index in [4.69, 9.17) is 9.84 Å². The number of ether oxygens (including phenoxy) is 1. The lowest BCUT2D eigenvalue weighted by atomic mass is 10.0. The summed E-state index contributed by atoms with van der Waals surface area (Å²) in [5.74, 6) is 0.823. The van der Waals surface area contributed by atoms with Crippen LogP contribution >= 0.6 is 0 Å². The Morgan fingerprint density at radius 3 is 2.65 bits per heavy atom. The van der Waals surface area contributed by atoms with Gasteiger partial charge in [0.2, 0.25) is 0 Å². The number of ketones is 1. The number of carbonyl (C=O) groups excluding carboxylic acids is 1. The fourth-order valence-corrected chi connectivity index (χ4v) is 1.69. The Morgan fingerprint density at radius 2 is 2.06 bits per heavy atom. The van der Waals surface area contributed by atoms with Gasteiger partial charge in [-0.05, 0) is 37.1 Å². The summed E-state index contributed by atoms with van der Waals surface area (Å²) in [5.41, 5.74) is 2.56. The molecule has 0 bridgehead atoms. The maximum absolute atomic E-state index is 11.9. The highest BCUT2D eigenvalue weighted by atomic mass is 16.5. The van der Waals surface area contributed by atoms with Crippen molar-refractivity contribution >= 4 is 5.78 Å². The van der Waals surface area contributed by atoms with Crippen LogP contribution in [0.4, 0.5) is 0 Å². The van der Waals surface area contributed by atoms with Crippen LogP contribution in [0.1, 0.15) is 21.5 Å². The molecule has 0 aliphatic carbocycles. The molecule has 0 radical (unpaired) electrons. The van der Waals surface area contributed by atoms with Crippen molar-refractivity contribution in [3.63, 3.8) is 0 Å². The molecule has 0 unspecified atom stereocenters. The molecule has 4 nitrogen and oxygen atoms in total. The van der Waals surface area contributed by atoms with Gasteiger partial charge in [-0.1, -0.05) is 0 Å². The number of benzene rings is 1. The molecule has 1 aromatic rings. The standard InChI is InChI=1S/C13H19NO3/c1-9-7-13(17-3)10(2)6-11(9)12(16)8-14-4-5-15/h6-7,14-15H,4-5,8H2,1-3H3. The molecule has 2 N–H and O–H groups in total. The van der Waals surface area contributed by atoms with Crippen LogP contribution in [0, 0.1) is 13.8 Å². The van der Waals surface area contributed by atoms with Crippen LogP contribution in [-0.4, -0.2) is 37.7 Å². The van der Waals surface area contributed by atoms with Gasteiger partial charge in [0.05, 0.1) is 20.3 Å². The number of Topliss-reactive ketones (excluding diaryl/α,β-unsaturated/α-hetero) is 1. The van der Waals surface area contributed by atoms with E-state index in [1.54, 1.807) is 7.11 Å². The SMILES string of the molecule is COc1cc(C)c(C(=O)CNCCO)cc1C. The number of aliphatic hydroxyl groups excluding tert-OH is 1. The molecule has 94 valence electrons. The van der Waals surface area contributed by atoms with Crippen LogP contribution in [0.15, 0.2) is 12.1 Å². The first-order valence-corrected chi connectivity index (χ1v) is 5.60. The smallest absolute Gasteiger partial charge is 0.176 e. The lowest BCUT2D eigenvalue weighted by Gasteiger charge is -2.10. The van der Waals surface area contributed by atoms with Crippen molar-refractivity contribution in [2.75, 3.05) is 26.8 Å². The fourth-order valence-electron chi connectivity index (χ4n) is 1.69. The molecule has 0 fully saturated rings. The van der Waals surface area contributed by atoms with Gasteiger partial charge in [0.1, 0.15) is 5.75 Å². The second-order valence-electron chi connectivity index (χ2n) is 3.96. The van der Waals surface area contributed by atoms with Gasteiger partial charge in [0.25, 0.3) is 0 Å². The quantitative estimate of drug-likeness (QED) is 0.574. The minimum absolute atomic E-state index is 0.0294. The molecule has 0 saturated carbocycles. The third kappa shape index (κ3) is 3.54. The third-order valence-corrected chi connectivity index (χ3v) is 2.62. The molecule has 1 aromatic carbocycles. The maximum atomic E-state index is 11.9. The Balaban J connectivity index is 2.83. The summed E-state index contributed by atoms with van der Waals surface area (Å²) in [4.78, 5) is 11.9. The van der Waals surface area contributed by atoms with Crippen LogP contribution in [0.25, 0.3) is 0 Å². The Bertz CT molecular complexity index is 402. The molecular weight excluding hydrogens is 218 g/mol. The van der Waals surface area contributed by atoms with E-state index < -0.39 is 0 Å². The van der Waals surface area contributed by atoms with Crippen LogP contribution in [0.3, 0.4) is 0 Å². The molecule has 0 aromatic heterocycles. The zero-order chi connectivity index (χ0) is 12.8. The average molecular weight is 237 g/mol. The number of nitrogens with one attached hydrogen (secondary N) is 1. The van der Waals surface area contributed by atoms with Gasteiger partial charge in [0.15, 0.2) is 5.78 Å². The minimum atomic E-state index is 0.0294. The van der Waals surface area contributed by atoms with E-state index in [0.717, 1.165) is 16.9 Å². The summed E-state index contributed by atoms with van der Waals surface area (Å²) in [6.07, 6.45) is 0. The number of aryl methyl sites for hydroxylation is 2. The van der Waals surface area contributed by atoms with Gasteiger partial charge in [-0.25, -0.2) is 0 Å². The van der Waals surface area contributed by atoms with Crippen molar-refractivity contribution in [2.45, 2.75) is 13.8 Å². The minimum Gasteiger partial charge on any atom is -0.496 e. The highest BCUT2D eigenvalue weighted by molar-refractivity contribution is 5.99. The number of aliphatic hydroxyl groups is 1. The van der Waals surface area contributed by atoms with Crippen molar-refractivity contribution < 1.29 is 14.6 Å². The lowest BCUT2D eigenvalue weighted by Crippen LogP contribution is -2.26. The second-order valence-corrected chi connectivity index (χ2v) is 3.96. The lowest BCUT2D eigenvalue weighted by molar-refractivity contribution is 0.0989. The van der Waals surface area contributed by atoms with Gasteiger partial charge < -0.3 is 15.2 Å². The van der Waals surface area contributed by atoms with Crippen molar-refractivity contribution in [3.05, 3.63) is 28.8 Å². The number of hydrogen-bond acceptors (Lipinski definition) is 4. The summed E-state index contributed by atoms with van der Waals surface area (Å²) < 4.78 is 5.20. The second kappa shape index (κ2) is 6.37. The van der Waals surface area contributed by atoms with Gasteiger partial charge in [-0.15, -0.1) is 0 Å². The summed E-state index contributed by atoms with van der Waals surface area (Å²) in [7, 11) is 1.62.